The van der Waals surface area contributed by atoms with Crippen LogP contribution in [0.25, 0.3) is 0 Å². The van der Waals surface area contributed by atoms with Gasteiger partial charge in [-0.1, -0.05) is 24.3 Å². The first-order chi connectivity index (χ1) is 8.90. The van der Waals surface area contributed by atoms with Crippen molar-refractivity contribution in [1.29, 1.82) is 0 Å². The number of rotatable bonds is 6. The summed E-state index contributed by atoms with van der Waals surface area (Å²) in [5.41, 5.74) is 1.84. The molecule has 0 atom stereocenters. The number of esters is 1. The lowest BCUT2D eigenvalue weighted by atomic mass is 10.1. The molecule has 19 heavy (non-hydrogen) atoms. The van der Waals surface area contributed by atoms with Gasteiger partial charge in [-0.2, -0.15) is 0 Å². The fourth-order valence-corrected chi connectivity index (χ4v) is 1.61. The lowest BCUT2D eigenvalue weighted by molar-refractivity contribution is -0.153. The maximum absolute atomic E-state index is 11.5. The van der Waals surface area contributed by atoms with Gasteiger partial charge in [0.15, 0.2) is 0 Å². The van der Waals surface area contributed by atoms with E-state index < -0.39 is 5.60 Å². The highest BCUT2D eigenvalue weighted by atomic mass is 16.6. The van der Waals surface area contributed by atoms with Crippen molar-refractivity contribution in [1.82, 2.24) is 5.32 Å². The van der Waals surface area contributed by atoms with Crippen LogP contribution in [-0.2, 0) is 27.4 Å². The molecule has 0 aliphatic carbocycles. The minimum absolute atomic E-state index is 0.219. The van der Waals surface area contributed by atoms with E-state index in [9.17, 15) is 4.79 Å². The van der Waals surface area contributed by atoms with E-state index in [1.165, 1.54) is 0 Å². The van der Waals surface area contributed by atoms with Gasteiger partial charge in [0.25, 0.3) is 0 Å². The summed E-state index contributed by atoms with van der Waals surface area (Å²) < 4.78 is 10.3. The van der Waals surface area contributed by atoms with Crippen LogP contribution in [-0.4, -0.2) is 25.2 Å². The first-order valence-corrected chi connectivity index (χ1v) is 6.40. The quantitative estimate of drug-likeness (QED) is 0.802. The molecule has 0 saturated carbocycles. The Hall–Kier alpha value is -1.39. The van der Waals surface area contributed by atoms with E-state index in [1.807, 2.05) is 45.0 Å². The summed E-state index contributed by atoms with van der Waals surface area (Å²) in [5, 5.41) is 3.07. The van der Waals surface area contributed by atoms with E-state index in [-0.39, 0.29) is 12.5 Å². The monoisotopic (exact) mass is 265 g/mol. The largest absolute Gasteiger partial charge is 0.459 e. The molecular weight excluding hydrogens is 242 g/mol. The summed E-state index contributed by atoms with van der Waals surface area (Å²) in [5.74, 6) is -0.233. The Morgan fingerprint density at radius 2 is 1.74 bits per heavy atom. The summed E-state index contributed by atoms with van der Waals surface area (Å²) in [6.45, 7) is 7.06. The smallest absolute Gasteiger partial charge is 0.320 e. The van der Waals surface area contributed by atoms with Crippen LogP contribution in [0.1, 0.15) is 31.9 Å². The number of benzene rings is 1. The maximum Gasteiger partial charge on any atom is 0.320 e. The zero-order chi connectivity index (χ0) is 14.3. The van der Waals surface area contributed by atoms with Crippen LogP contribution in [0.3, 0.4) is 0 Å². The van der Waals surface area contributed by atoms with Gasteiger partial charge in [-0.3, -0.25) is 4.79 Å². The van der Waals surface area contributed by atoms with E-state index in [4.69, 9.17) is 9.47 Å². The fourth-order valence-electron chi connectivity index (χ4n) is 1.61. The number of hydrogen-bond donors (Lipinski definition) is 1. The third-order valence-electron chi connectivity index (χ3n) is 2.35. The summed E-state index contributed by atoms with van der Waals surface area (Å²) in [6, 6.07) is 8.09. The minimum Gasteiger partial charge on any atom is -0.459 e. The van der Waals surface area contributed by atoms with Gasteiger partial charge in [-0.15, -0.1) is 0 Å². The van der Waals surface area contributed by atoms with E-state index in [2.05, 4.69) is 5.32 Å². The van der Waals surface area contributed by atoms with Gasteiger partial charge in [0, 0.05) is 13.7 Å². The van der Waals surface area contributed by atoms with Crippen LogP contribution in [0.15, 0.2) is 24.3 Å². The lowest BCUT2D eigenvalue weighted by Crippen LogP contribution is -2.31. The molecule has 0 bridgehead atoms. The molecule has 106 valence electrons. The molecule has 1 aromatic rings. The summed E-state index contributed by atoms with van der Waals surface area (Å²) in [6.07, 6.45) is 0. The Labute approximate surface area is 115 Å². The molecule has 1 rings (SSSR count). The Kier molecular flexibility index (Phi) is 5.99. The third kappa shape index (κ3) is 6.94. The first-order valence-electron chi connectivity index (χ1n) is 6.40. The molecule has 0 radical (unpaired) electrons. The van der Waals surface area contributed by atoms with Crippen LogP contribution in [0.5, 0.6) is 0 Å². The van der Waals surface area contributed by atoms with Crippen LogP contribution in [0, 0.1) is 0 Å². The maximum atomic E-state index is 11.5. The van der Waals surface area contributed by atoms with Gasteiger partial charge >= 0.3 is 5.97 Å². The van der Waals surface area contributed by atoms with Crippen molar-refractivity contribution in [3.63, 3.8) is 0 Å². The van der Waals surface area contributed by atoms with E-state index in [1.54, 1.807) is 7.11 Å². The molecule has 0 unspecified atom stereocenters. The molecule has 0 aliphatic heterocycles. The summed E-state index contributed by atoms with van der Waals surface area (Å²) >= 11 is 0. The Morgan fingerprint density at radius 1 is 1.16 bits per heavy atom. The summed E-state index contributed by atoms with van der Waals surface area (Å²) in [4.78, 5) is 11.5. The van der Waals surface area contributed by atoms with Gasteiger partial charge < -0.3 is 14.8 Å². The van der Waals surface area contributed by atoms with Crippen LogP contribution >= 0.6 is 0 Å². The fraction of sp³-hybridized carbons (Fsp3) is 0.533. The molecule has 0 amide bonds. The molecule has 4 nitrogen and oxygen atoms in total. The highest BCUT2D eigenvalue weighted by Crippen LogP contribution is 2.07. The highest BCUT2D eigenvalue weighted by Gasteiger charge is 2.15. The number of hydrogen-bond acceptors (Lipinski definition) is 4. The van der Waals surface area contributed by atoms with E-state index in [0.29, 0.717) is 13.2 Å². The molecule has 1 N–H and O–H groups in total. The van der Waals surface area contributed by atoms with E-state index in [0.717, 1.165) is 11.1 Å². The number of carbonyl (C=O) groups is 1. The second-order valence-electron chi connectivity index (χ2n) is 5.44. The summed E-state index contributed by atoms with van der Waals surface area (Å²) in [7, 11) is 1.68. The van der Waals surface area contributed by atoms with Crippen molar-refractivity contribution in [2.75, 3.05) is 13.7 Å². The Morgan fingerprint density at radius 3 is 2.26 bits per heavy atom. The molecule has 1 aromatic carbocycles. The van der Waals surface area contributed by atoms with Crippen molar-refractivity contribution in [2.45, 2.75) is 39.5 Å². The number of carbonyl (C=O) groups excluding carboxylic acids is 1. The molecular formula is C15H23NO3. The van der Waals surface area contributed by atoms with Crippen molar-refractivity contribution < 1.29 is 14.3 Å². The molecule has 0 saturated heterocycles. The third-order valence-corrected chi connectivity index (χ3v) is 2.35. The molecule has 0 spiro atoms. The van der Waals surface area contributed by atoms with Crippen LogP contribution in [0.4, 0.5) is 0 Å². The first kappa shape index (κ1) is 15.7. The number of ether oxygens (including phenoxy) is 2. The van der Waals surface area contributed by atoms with Crippen LogP contribution in [0.2, 0.25) is 0 Å². The van der Waals surface area contributed by atoms with Crippen LogP contribution < -0.4 is 5.32 Å². The molecule has 0 aromatic heterocycles. The predicted molar refractivity (Wildman–Crippen MR) is 74.7 cm³/mol. The SMILES string of the molecule is COCc1ccc(CNCC(=O)OC(C)(C)C)cc1. The second kappa shape index (κ2) is 7.26. The Bertz CT molecular complexity index is 393. The zero-order valence-electron chi connectivity index (χ0n) is 12.2. The van der Waals surface area contributed by atoms with Crippen molar-refractivity contribution in [3.8, 4) is 0 Å². The van der Waals surface area contributed by atoms with Gasteiger partial charge in [0.05, 0.1) is 13.2 Å². The molecule has 4 heteroatoms. The van der Waals surface area contributed by atoms with Gasteiger partial charge in [-0.05, 0) is 31.9 Å². The van der Waals surface area contributed by atoms with Gasteiger partial charge in [0.2, 0.25) is 0 Å². The van der Waals surface area contributed by atoms with Gasteiger partial charge in [-0.25, -0.2) is 0 Å². The standard InChI is InChI=1S/C15H23NO3/c1-15(2,3)19-14(17)10-16-9-12-5-7-13(8-6-12)11-18-4/h5-8,16H,9-11H2,1-4H3. The lowest BCUT2D eigenvalue weighted by Gasteiger charge is -2.19. The molecule has 0 fully saturated rings. The Balaban J connectivity index is 2.31. The molecule has 0 heterocycles. The number of nitrogens with one attached hydrogen (secondary N) is 1. The average Bonchev–Trinajstić information content (AvgIpc) is 2.29. The normalized spacial score (nSPS) is 11.4. The minimum atomic E-state index is -0.430. The second-order valence-corrected chi connectivity index (χ2v) is 5.44. The highest BCUT2D eigenvalue weighted by molar-refractivity contribution is 5.72. The average molecular weight is 265 g/mol. The van der Waals surface area contributed by atoms with Crippen molar-refractivity contribution in [3.05, 3.63) is 35.4 Å². The van der Waals surface area contributed by atoms with Gasteiger partial charge in [0.1, 0.15) is 5.60 Å². The topological polar surface area (TPSA) is 47.6 Å². The number of methoxy groups -OCH3 is 1. The molecule has 0 aliphatic rings. The van der Waals surface area contributed by atoms with Crippen molar-refractivity contribution >= 4 is 5.97 Å². The zero-order valence-corrected chi connectivity index (χ0v) is 12.2. The predicted octanol–water partition coefficient (Wildman–Crippen LogP) is 2.26. The van der Waals surface area contributed by atoms with Crippen molar-refractivity contribution in [2.24, 2.45) is 0 Å². The van der Waals surface area contributed by atoms with E-state index >= 15 is 0 Å².